The van der Waals surface area contributed by atoms with Crippen molar-refractivity contribution in [1.82, 2.24) is 4.90 Å². The molecule has 0 saturated heterocycles. The number of rotatable bonds is 5. The summed E-state index contributed by atoms with van der Waals surface area (Å²) in [5.74, 6) is 0.731. The summed E-state index contributed by atoms with van der Waals surface area (Å²) in [6.45, 7) is 0.556. The Morgan fingerprint density at radius 1 is 1.53 bits per heavy atom. The average molecular weight is 226 g/mol. The Hall–Kier alpha value is -0.690. The number of nitriles is 1. The smallest absolute Gasteiger partial charge is 0.232 e. The Bertz CT molecular complexity index is 243. The van der Waals surface area contributed by atoms with Crippen molar-refractivity contribution in [3.05, 3.63) is 0 Å². The number of thioether (sulfide) groups is 1. The molecule has 0 unspecified atom stereocenters. The molecule has 4 heteroatoms. The molecule has 1 aliphatic carbocycles. The van der Waals surface area contributed by atoms with Crippen LogP contribution in [-0.4, -0.2) is 35.4 Å². The fraction of sp³-hybridized carbons (Fsp3) is 0.818. The van der Waals surface area contributed by atoms with Crippen molar-refractivity contribution in [2.45, 2.75) is 37.4 Å². The molecule has 0 aromatic heterocycles. The van der Waals surface area contributed by atoms with Gasteiger partial charge in [-0.1, -0.05) is 12.8 Å². The Balaban J connectivity index is 2.14. The zero-order valence-corrected chi connectivity index (χ0v) is 10.1. The molecule has 0 aromatic rings. The lowest BCUT2D eigenvalue weighted by Crippen LogP contribution is -2.29. The zero-order valence-electron chi connectivity index (χ0n) is 9.24. The van der Waals surface area contributed by atoms with Crippen LogP contribution in [-0.2, 0) is 4.79 Å². The number of carbonyl (C=O) groups is 1. The normalized spacial score (nSPS) is 16.3. The topological polar surface area (TPSA) is 44.1 Å². The summed E-state index contributed by atoms with van der Waals surface area (Å²) in [4.78, 5) is 13.3. The van der Waals surface area contributed by atoms with Crippen LogP contribution in [0, 0.1) is 11.3 Å². The van der Waals surface area contributed by atoms with Gasteiger partial charge in [-0.15, -0.1) is 11.8 Å². The van der Waals surface area contributed by atoms with Gasteiger partial charge in [0, 0.05) is 18.8 Å². The third-order valence-electron chi connectivity index (χ3n) is 2.73. The van der Waals surface area contributed by atoms with Gasteiger partial charge < -0.3 is 4.90 Å². The minimum absolute atomic E-state index is 0.155. The summed E-state index contributed by atoms with van der Waals surface area (Å²) in [5, 5.41) is 9.10. The van der Waals surface area contributed by atoms with E-state index in [0.29, 0.717) is 24.0 Å². The fourth-order valence-corrected chi connectivity index (χ4v) is 2.96. The molecule has 0 heterocycles. The highest BCUT2D eigenvalue weighted by molar-refractivity contribution is 8.00. The summed E-state index contributed by atoms with van der Waals surface area (Å²) in [6, 6.07) is 2.05. The van der Waals surface area contributed by atoms with Gasteiger partial charge >= 0.3 is 0 Å². The van der Waals surface area contributed by atoms with Gasteiger partial charge in [0.25, 0.3) is 0 Å². The van der Waals surface area contributed by atoms with Gasteiger partial charge in [-0.25, -0.2) is 0 Å². The van der Waals surface area contributed by atoms with E-state index in [1.807, 2.05) is 6.07 Å². The summed E-state index contributed by atoms with van der Waals surface area (Å²) in [6.07, 6.45) is 5.59. The molecule has 0 radical (unpaired) electrons. The molecule has 1 aliphatic rings. The Morgan fingerprint density at radius 2 is 2.20 bits per heavy atom. The summed E-state index contributed by atoms with van der Waals surface area (Å²) in [5.41, 5.74) is 0. The van der Waals surface area contributed by atoms with E-state index in [0.717, 1.165) is 0 Å². The molecule has 1 saturated carbocycles. The monoisotopic (exact) mass is 226 g/mol. The average Bonchev–Trinajstić information content (AvgIpc) is 2.75. The molecule has 0 N–H and O–H groups in total. The predicted molar refractivity (Wildman–Crippen MR) is 62.6 cm³/mol. The maximum Gasteiger partial charge on any atom is 0.232 e. The first-order chi connectivity index (χ1) is 7.24. The van der Waals surface area contributed by atoms with Crippen molar-refractivity contribution in [1.29, 1.82) is 5.26 Å². The van der Waals surface area contributed by atoms with E-state index in [4.69, 9.17) is 5.26 Å². The minimum atomic E-state index is 0.155. The summed E-state index contributed by atoms with van der Waals surface area (Å²) < 4.78 is 0. The van der Waals surface area contributed by atoms with Crippen LogP contribution in [0.25, 0.3) is 0 Å². The third kappa shape index (κ3) is 4.57. The van der Waals surface area contributed by atoms with Crippen LogP contribution >= 0.6 is 11.8 Å². The lowest BCUT2D eigenvalue weighted by atomic mass is 10.4. The van der Waals surface area contributed by atoms with E-state index < -0.39 is 0 Å². The van der Waals surface area contributed by atoms with Gasteiger partial charge in [-0.2, -0.15) is 5.26 Å². The zero-order chi connectivity index (χ0) is 11.1. The van der Waals surface area contributed by atoms with Crippen molar-refractivity contribution >= 4 is 17.7 Å². The molecular weight excluding hydrogens is 208 g/mol. The first-order valence-corrected chi connectivity index (χ1v) is 6.51. The molecule has 1 rings (SSSR count). The van der Waals surface area contributed by atoms with E-state index in [-0.39, 0.29) is 5.91 Å². The third-order valence-corrected chi connectivity index (χ3v) is 4.09. The second kappa shape index (κ2) is 6.73. The first-order valence-electron chi connectivity index (χ1n) is 5.46. The molecule has 0 bridgehead atoms. The summed E-state index contributed by atoms with van der Waals surface area (Å²) in [7, 11) is 1.77. The van der Waals surface area contributed by atoms with E-state index in [9.17, 15) is 4.79 Å². The second-order valence-corrected chi connectivity index (χ2v) is 5.23. The van der Waals surface area contributed by atoms with Crippen molar-refractivity contribution < 1.29 is 4.79 Å². The van der Waals surface area contributed by atoms with Crippen LogP contribution in [0.4, 0.5) is 0 Å². The van der Waals surface area contributed by atoms with E-state index in [2.05, 4.69) is 0 Å². The van der Waals surface area contributed by atoms with Gasteiger partial charge in [-0.05, 0) is 12.8 Å². The standard InChI is InChI=1S/C11H18N2OS/c1-13(8-4-7-12)11(14)9-15-10-5-2-3-6-10/h10H,2-6,8-9H2,1H3. The Labute approximate surface area is 95.8 Å². The highest BCUT2D eigenvalue weighted by atomic mass is 32.2. The SMILES string of the molecule is CN(CCC#N)C(=O)CSC1CCCC1. The maximum atomic E-state index is 11.6. The van der Waals surface area contributed by atoms with Gasteiger partial charge in [0.15, 0.2) is 0 Å². The molecule has 84 valence electrons. The van der Waals surface area contributed by atoms with Gasteiger partial charge in [0.2, 0.25) is 5.91 Å². The molecule has 0 aromatic carbocycles. The molecule has 1 amide bonds. The van der Waals surface area contributed by atoms with Crippen LogP contribution in [0.3, 0.4) is 0 Å². The largest absolute Gasteiger partial charge is 0.344 e. The van der Waals surface area contributed by atoms with E-state index in [1.54, 1.807) is 23.7 Å². The van der Waals surface area contributed by atoms with Crippen LogP contribution in [0.15, 0.2) is 0 Å². The molecule has 3 nitrogen and oxygen atoms in total. The highest BCUT2D eigenvalue weighted by Crippen LogP contribution is 2.29. The van der Waals surface area contributed by atoms with Crippen molar-refractivity contribution in [2.75, 3.05) is 19.3 Å². The van der Waals surface area contributed by atoms with Gasteiger partial charge in [0.05, 0.1) is 18.2 Å². The number of amides is 1. The molecule has 0 aliphatic heterocycles. The van der Waals surface area contributed by atoms with Crippen LogP contribution in [0.2, 0.25) is 0 Å². The molecule has 0 spiro atoms. The first kappa shape index (κ1) is 12.4. The summed E-state index contributed by atoms with van der Waals surface area (Å²) >= 11 is 1.78. The van der Waals surface area contributed by atoms with Crippen molar-refractivity contribution in [2.24, 2.45) is 0 Å². The van der Waals surface area contributed by atoms with Crippen LogP contribution in [0.5, 0.6) is 0 Å². The Morgan fingerprint density at radius 3 is 2.80 bits per heavy atom. The van der Waals surface area contributed by atoms with E-state index in [1.165, 1.54) is 25.7 Å². The predicted octanol–water partition coefficient (Wildman–Crippen LogP) is 2.03. The number of nitrogens with zero attached hydrogens (tertiary/aromatic N) is 2. The number of hydrogen-bond acceptors (Lipinski definition) is 3. The molecule has 15 heavy (non-hydrogen) atoms. The number of hydrogen-bond donors (Lipinski definition) is 0. The minimum Gasteiger partial charge on any atom is -0.344 e. The second-order valence-electron chi connectivity index (χ2n) is 3.94. The van der Waals surface area contributed by atoms with Crippen LogP contribution < -0.4 is 0 Å². The van der Waals surface area contributed by atoms with Gasteiger partial charge in [0.1, 0.15) is 0 Å². The Kier molecular flexibility index (Phi) is 5.56. The van der Waals surface area contributed by atoms with Gasteiger partial charge in [-0.3, -0.25) is 4.79 Å². The fourth-order valence-electron chi connectivity index (χ4n) is 1.70. The molecule has 0 atom stereocenters. The van der Waals surface area contributed by atoms with Crippen molar-refractivity contribution in [3.8, 4) is 6.07 Å². The molecule has 1 fully saturated rings. The lowest BCUT2D eigenvalue weighted by Gasteiger charge is -2.16. The molecular formula is C11H18N2OS. The van der Waals surface area contributed by atoms with Crippen LogP contribution in [0.1, 0.15) is 32.1 Å². The van der Waals surface area contributed by atoms with Crippen molar-refractivity contribution in [3.63, 3.8) is 0 Å². The lowest BCUT2D eigenvalue weighted by molar-refractivity contribution is -0.127. The number of carbonyl (C=O) groups excluding carboxylic acids is 1. The maximum absolute atomic E-state index is 11.6. The highest BCUT2D eigenvalue weighted by Gasteiger charge is 2.17. The quantitative estimate of drug-likeness (QED) is 0.720. The van der Waals surface area contributed by atoms with E-state index >= 15 is 0 Å².